The molecule has 0 heterocycles. The second-order valence-corrected chi connectivity index (χ2v) is 13.5. The number of benzene rings is 7. The molecule has 7 aromatic rings. The predicted octanol–water partition coefficient (Wildman–Crippen LogP) is 12.5. The maximum absolute atomic E-state index is 2.42. The molecule has 0 heteroatoms. The number of aryl methyl sites for hydroxylation is 4. The molecule has 0 bridgehead atoms. The van der Waals surface area contributed by atoms with Crippen molar-refractivity contribution in [3.8, 4) is 33.4 Å². The maximum Gasteiger partial charge on any atom is -0.00132 e. The molecular formula is C45H40. The first kappa shape index (κ1) is 27.8. The van der Waals surface area contributed by atoms with Gasteiger partial charge in [-0.1, -0.05) is 78.9 Å². The van der Waals surface area contributed by atoms with Crippen molar-refractivity contribution in [2.24, 2.45) is 0 Å². The molecule has 0 aliphatic heterocycles. The topological polar surface area (TPSA) is 0 Å². The Hall–Kier alpha value is -4.68. The molecule has 1 aliphatic carbocycles. The van der Waals surface area contributed by atoms with E-state index >= 15 is 0 Å². The van der Waals surface area contributed by atoms with E-state index in [2.05, 4.69) is 140 Å². The lowest BCUT2D eigenvalue weighted by Gasteiger charge is -2.28. The monoisotopic (exact) mass is 580 g/mol. The summed E-state index contributed by atoms with van der Waals surface area (Å²) in [5.74, 6) is 0. The molecule has 0 spiro atoms. The first-order valence-electron chi connectivity index (χ1n) is 16.3. The van der Waals surface area contributed by atoms with Crippen molar-refractivity contribution in [2.75, 3.05) is 0 Å². The molecule has 45 heavy (non-hydrogen) atoms. The number of hydrogen-bond acceptors (Lipinski definition) is 0. The molecule has 0 amide bonds. The fourth-order valence-electron chi connectivity index (χ4n) is 8.43. The van der Waals surface area contributed by atoms with E-state index in [1.165, 1.54) is 121 Å². The van der Waals surface area contributed by atoms with Crippen LogP contribution in [0.5, 0.6) is 0 Å². The van der Waals surface area contributed by atoms with E-state index in [9.17, 15) is 0 Å². The summed E-state index contributed by atoms with van der Waals surface area (Å²) in [5, 5.41) is 8.20. The molecule has 0 radical (unpaired) electrons. The van der Waals surface area contributed by atoms with Gasteiger partial charge in [0.05, 0.1) is 0 Å². The zero-order valence-electron chi connectivity index (χ0n) is 27.8. The predicted molar refractivity (Wildman–Crippen MR) is 196 cm³/mol. The average Bonchev–Trinajstić information content (AvgIpc) is 3.45. The van der Waals surface area contributed by atoms with Gasteiger partial charge in [-0.25, -0.2) is 0 Å². The highest BCUT2D eigenvalue weighted by molar-refractivity contribution is 6.26. The molecule has 0 saturated carbocycles. The maximum atomic E-state index is 2.42. The van der Waals surface area contributed by atoms with E-state index in [1.807, 2.05) is 0 Å². The fourth-order valence-corrected chi connectivity index (χ4v) is 8.43. The van der Waals surface area contributed by atoms with Gasteiger partial charge in [0.1, 0.15) is 0 Å². The zero-order chi connectivity index (χ0) is 31.3. The van der Waals surface area contributed by atoms with Gasteiger partial charge in [0, 0.05) is 0 Å². The van der Waals surface area contributed by atoms with Crippen LogP contribution in [-0.4, -0.2) is 0 Å². The average molecular weight is 581 g/mol. The van der Waals surface area contributed by atoms with Gasteiger partial charge >= 0.3 is 0 Å². The first-order valence-corrected chi connectivity index (χ1v) is 16.3. The minimum atomic E-state index is 0.997. The number of fused-ring (bicyclic) bond motifs is 6. The summed E-state index contributed by atoms with van der Waals surface area (Å²) in [5.41, 5.74) is 22.3. The second kappa shape index (κ2) is 9.91. The van der Waals surface area contributed by atoms with E-state index < -0.39 is 0 Å². The summed E-state index contributed by atoms with van der Waals surface area (Å²) in [7, 11) is 0. The molecular weight excluding hydrogens is 540 g/mol. The van der Waals surface area contributed by atoms with Crippen LogP contribution in [0.15, 0.2) is 84.9 Å². The van der Waals surface area contributed by atoms with E-state index in [4.69, 9.17) is 0 Å². The van der Waals surface area contributed by atoms with Gasteiger partial charge in [-0.15, -0.1) is 0 Å². The summed E-state index contributed by atoms with van der Waals surface area (Å²) < 4.78 is 0. The molecule has 0 aromatic heterocycles. The van der Waals surface area contributed by atoms with E-state index in [-0.39, 0.29) is 0 Å². The first-order chi connectivity index (χ1) is 21.7. The van der Waals surface area contributed by atoms with E-state index in [1.54, 1.807) is 0 Å². The van der Waals surface area contributed by atoms with Crippen molar-refractivity contribution in [3.63, 3.8) is 0 Å². The van der Waals surface area contributed by atoms with E-state index in [0.717, 1.165) is 6.42 Å². The molecule has 220 valence electrons. The highest BCUT2D eigenvalue weighted by Crippen LogP contribution is 2.53. The summed E-state index contributed by atoms with van der Waals surface area (Å²) in [6, 6.07) is 31.9. The van der Waals surface area contributed by atoms with Crippen LogP contribution in [0.3, 0.4) is 0 Å². The number of rotatable bonds is 2. The highest BCUT2D eigenvalue weighted by Gasteiger charge is 2.29. The normalized spacial score (nSPS) is 12.4. The smallest absolute Gasteiger partial charge is 0.00132 e. The van der Waals surface area contributed by atoms with Crippen LogP contribution in [0.4, 0.5) is 0 Å². The molecule has 1 aliphatic rings. The van der Waals surface area contributed by atoms with E-state index in [0.29, 0.717) is 0 Å². The van der Waals surface area contributed by atoms with Crippen LogP contribution in [-0.2, 0) is 6.42 Å². The van der Waals surface area contributed by atoms with Crippen LogP contribution in [0.2, 0.25) is 0 Å². The van der Waals surface area contributed by atoms with Crippen LogP contribution in [0, 0.1) is 55.4 Å². The van der Waals surface area contributed by atoms with Gasteiger partial charge in [-0.3, -0.25) is 0 Å². The SMILES string of the molecule is Cc1c(C)c(C)c2c(-c3cccc4c3-c3ccccc3C4)c3c(C)c(C)c(C)c(C)c3c(-c3ccc4ccccc4c3)c2c1C. The summed E-state index contributed by atoms with van der Waals surface area (Å²) in [6.07, 6.45) is 0.997. The fraction of sp³-hybridized carbons (Fsp3) is 0.200. The van der Waals surface area contributed by atoms with Crippen LogP contribution in [0.1, 0.15) is 55.6 Å². The minimum absolute atomic E-state index is 0.997. The quantitative estimate of drug-likeness (QED) is 0.178. The Morgan fingerprint density at radius 1 is 0.356 bits per heavy atom. The van der Waals surface area contributed by atoms with Crippen molar-refractivity contribution >= 4 is 32.3 Å². The Morgan fingerprint density at radius 3 is 1.47 bits per heavy atom. The third-order valence-corrected chi connectivity index (χ3v) is 11.5. The number of hydrogen-bond donors (Lipinski definition) is 0. The lowest BCUT2D eigenvalue weighted by Crippen LogP contribution is -2.04. The van der Waals surface area contributed by atoms with Crippen molar-refractivity contribution in [2.45, 2.75) is 61.8 Å². The molecule has 0 atom stereocenters. The molecule has 0 fully saturated rings. The second-order valence-electron chi connectivity index (χ2n) is 13.5. The van der Waals surface area contributed by atoms with Gasteiger partial charge in [-0.05, 0) is 189 Å². The van der Waals surface area contributed by atoms with Gasteiger partial charge in [0.2, 0.25) is 0 Å². The van der Waals surface area contributed by atoms with Crippen molar-refractivity contribution in [1.82, 2.24) is 0 Å². The third kappa shape index (κ3) is 3.78. The van der Waals surface area contributed by atoms with Crippen molar-refractivity contribution < 1.29 is 0 Å². The van der Waals surface area contributed by atoms with Crippen LogP contribution >= 0.6 is 0 Å². The lowest BCUT2D eigenvalue weighted by molar-refractivity contribution is 1.24. The largest absolute Gasteiger partial charge is 0.0619 e. The Morgan fingerprint density at radius 2 is 0.844 bits per heavy atom. The van der Waals surface area contributed by atoms with Crippen molar-refractivity contribution in [3.05, 3.63) is 141 Å². The Balaban J connectivity index is 1.68. The third-order valence-electron chi connectivity index (χ3n) is 11.5. The summed E-state index contributed by atoms with van der Waals surface area (Å²) >= 11 is 0. The zero-order valence-corrected chi connectivity index (χ0v) is 27.8. The Labute approximate surface area is 267 Å². The van der Waals surface area contributed by atoms with Crippen molar-refractivity contribution in [1.29, 1.82) is 0 Å². The van der Waals surface area contributed by atoms with Crippen LogP contribution in [0.25, 0.3) is 65.7 Å². The van der Waals surface area contributed by atoms with Gasteiger partial charge in [-0.2, -0.15) is 0 Å². The molecule has 7 aromatic carbocycles. The summed E-state index contributed by atoms with van der Waals surface area (Å²) in [4.78, 5) is 0. The Kier molecular flexibility index (Phi) is 6.13. The molecule has 0 unspecified atom stereocenters. The molecule has 0 saturated heterocycles. The summed E-state index contributed by atoms with van der Waals surface area (Å²) in [6.45, 7) is 18.7. The standard InChI is InChI=1S/C45H40/c1-24-26(3)30(7)41-39(28(24)5)44(36-21-20-32-14-9-10-15-33(32)22-36)40-29(6)25(2)27(4)31(8)42(40)45(41)38-19-13-17-35-23-34-16-11-12-18-37(34)43(35)38/h9-22H,23H2,1-8H3. The molecule has 8 rings (SSSR count). The van der Waals surface area contributed by atoms with Gasteiger partial charge < -0.3 is 0 Å². The lowest BCUT2D eigenvalue weighted by atomic mass is 9.75. The van der Waals surface area contributed by atoms with Crippen LogP contribution < -0.4 is 0 Å². The Bertz CT molecular complexity index is 2330. The highest BCUT2D eigenvalue weighted by atomic mass is 14.3. The van der Waals surface area contributed by atoms with Gasteiger partial charge in [0.25, 0.3) is 0 Å². The van der Waals surface area contributed by atoms with Gasteiger partial charge in [0.15, 0.2) is 0 Å². The molecule has 0 nitrogen and oxygen atoms in total. The minimum Gasteiger partial charge on any atom is -0.0619 e. The molecule has 0 N–H and O–H groups in total.